The van der Waals surface area contributed by atoms with Crippen molar-refractivity contribution in [2.75, 3.05) is 6.61 Å². The zero-order chi connectivity index (χ0) is 21.1. The van der Waals surface area contributed by atoms with Crippen molar-refractivity contribution in [1.29, 1.82) is 0 Å². The second kappa shape index (κ2) is 7.27. The van der Waals surface area contributed by atoms with Crippen LogP contribution in [0.1, 0.15) is 6.42 Å². The summed E-state index contributed by atoms with van der Waals surface area (Å²) in [6.45, 7) is 0.947. The molecule has 151 valence electrons. The molecule has 0 saturated carbocycles. The summed E-state index contributed by atoms with van der Waals surface area (Å²) in [6, 6.07) is 35.8. The van der Waals surface area contributed by atoms with Gasteiger partial charge in [0.2, 0.25) is 9.28 Å². The van der Waals surface area contributed by atoms with Crippen molar-refractivity contribution in [2.24, 2.45) is 0 Å². The Balaban J connectivity index is 1.44. The summed E-state index contributed by atoms with van der Waals surface area (Å²) in [5, 5.41) is 14.7. The molecule has 1 fully saturated rings. The molecular formula is C29H21OSi2. The summed E-state index contributed by atoms with van der Waals surface area (Å²) in [5.41, 5.74) is 0. The smallest absolute Gasteiger partial charge is 0.215 e. The van der Waals surface area contributed by atoms with Gasteiger partial charge in [-0.25, -0.2) is 0 Å². The van der Waals surface area contributed by atoms with Gasteiger partial charge in [-0.05, 0) is 96.7 Å². The first kappa shape index (κ1) is 18.6. The van der Waals surface area contributed by atoms with Crippen molar-refractivity contribution >= 4 is 76.6 Å². The molecule has 0 atom stereocenters. The molecule has 6 aromatic carbocycles. The molecule has 1 aliphatic rings. The van der Waals surface area contributed by atoms with Gasteiger partial charge in [0, 0.05) is 6.61 Å². The molecule has 0 aliphatic carbocycles. The number of fused-ring (bicyclic) bond motifs is 6. The Bertz CT molecular complexity index is 1670. The normalized spacial score (nSPS) is 15.4. The lowest BCUT2D eigenvalue weighted by Crippen LogP contribution is -2.41. The highest BCUT2D eigenvalue weighted by Crippen LogP contribution is 2.33. The van der Waals surface area contributed by atoms with Crippen LogP contribution in [0.4, 0.5) is 0 Å². The van der Waals surface area contributed by atoms with E-state index < -0.39 is 8.31 Å². The van der Waals surface area contributed by atoms with Crippen molar-refractivity contribution in [2.45, 2.75) is 12.5 Å². The highest BCUT2D eigenvalue weighted by molar-refractivity contribution is 7.17. The van der Waals surface area contributed by atoms with E-state index in [2.05, 4.69) is 91.0 Å². The van der Waals surface area contributed by atoms with E-state index in [1.807, 2.05) is 0 Å². The second-order valence-corrected chi connectivity index (χ2v) is 13.8. The maximum atomic E-state index is 5.80. The van der Waals surface area contributed by atoms with Crippen LogP contribution >= 0.6 is 0 Å². The minimum Gasteiger partial charge on any atom is -0.421 e. The van der Waals surface area contributed by atoms with Gasteiger partial charge in [-0.3, -0.25) is 0 Å². The van der Waals surface area contributed by atoms with E-state index in [4.69, 9.17) is 4.43 Å². The second-order valence-electron chi connectivity index (χ2n) is 8.85. The van der Waals surface area contributed by atoms with Crippen molar-refractivity contribution < 1.29 is 4.43 Å². The summed E-state index contributed by atoms with van der Waals surface area (Å²) >= 11 is 0. The molecule has 6 aromatic rings. The van der Waals surface area contributed by atoms with E-state index in [9.17, 15) is 0 Å². The number of hydrogen-bond donors (Lipinski definition) is 0. The van der Waals surface area contributed by atoms with Crippen LogP contribution in [0.25, 0.3) is 53.9 Å². The van der Waals surface area contributed by atoms with Gasteiger partial charge >= 0.3 is 0 Å². The van der Waals surface area contributed by atoms with Crippen LogP contribution < -0.4 is 5.19 Å². The molecule has 0 bridgehead atoms. The van der Waals surface area contributed by atoms with E-state index >= 15 is 0 Å². The van der Waals surface area contributed by atoms with E-state index in [0.717, 1.165) is 6.61 Å². The quantitative estimate of drug-likeness (QED) is 0.157. The van der Waals surface area contributed by atoms with E-state index in [0.29, 0.717) is 9.28 Å². The van der Waals surface area contributed by atoms with Crippen LogP contribution in [0.5, 0.6) is 0 Å². The maximum absolute atomic E-state index is 5.80. The molecule has 7 rings (SSSR count). The highest BCUT2D eigenvalue weighted by Gasteiger charge is 2.20. The van der Waals surface area contributed by atoms with Crippen LogP contribution in [0.2, 0.25) is 6.04 Å². The van der Waals surface area contributed by atoms with Gasteiger partial charge in [0.15, 0.2) is 0 Å². The predicted octanol–water partition coefficient (Wildman–Crippen LogP) is 6.69. The van der Waals surface area contributed by atoms with Crippen LogP contribution in [-0.4, -0.2) is 24.2 Å². The molecule has 3 heteroatoms. The summed E-state index contributed by atoms with van der Waals surface area (Å²) in [5.74, 6) is 0. The fourth-order valence-corrected chi connectivity index (χ4v) is 9.67. The van der Waals surface area contributed by atoms with Gasteiger partial charge in [-0.2, -0.15) is 0 Å². The molecule has 0 unspecified atom stereocenters. The van der Waals surface area contributed by atoms with E-state index in [1.54, 1.807) is 0 Å². The minimum absolute atomic E-state index is 0.539. The van der Waals surface area contributed by atoms with Crippen LogP contribution in [0.15, 0.2) is 91.0 Å². The van der Waals surface area contributed by atoms with Crippen LogP contribution in [0, 0.1) is 0 Å². The molecule has 1 saturated heterocycles. The first-order chi connectivity index (χ1) is 15.8. The van der Waals surface area contributed by atoms with Crippen molar-refractivity contribution in [1.82, 2.24) is 0 Å². The number of rotatable bonds is 1. The topological polar surface area (TPSA) is 9.23 Å². The lowest BCUT2D eigenvalue weighted by Gasteiger charge is -2.19. The van der Waals surface area contributed by atoms with E-state index in [-0.39, 0.29) is 0 Å². The monoisotopic (exact) mass is 441 g/mol. The molecular weight excluding hydrogens is 420 g/mol. The number of hydrogen-bond acceptors (Lipinski definition) is 1. The van der Waals surface area contributed by atoms with E-state index in [1.165, 1.54) is 71.5 Å². The molecule has 1 nitrogen and oxygen atoms in total. The molecule has 0 N–H and O–H groups in total. The number of benzene rings is 6. The first-order valence-electron chi connectivity index (χ1n) is 11.3. The van der Waals surface area contributed by atoms with Crippen LogP contribution in [-0.2, 0) is 4.43 Å². The molecule has 0 aromatic heterocycles. The van der Waals surface area contributed by atoms with Crippen molar-refractivity contribution in [3.8, 4) is 0 Å². The SMILES string of the molecule is c1ccc2cc3cc4c(ccc5cc6cc([Si]7CCCO[Si]7)ccc6cc54)cc3cc2c1. The van der Waals surface area contributed by atoms with Gasteiger partial charge in [0.05, 0.1) is 0 Å². The third-order valence-electron chi connectivity index (χ3n) is 6.83. The summed E-state index contributed by atoms with van der Waals surface area (Å²) in [6.07, 6.45) is 1.21. The molecule has 1 heterocycles. The van der Waals surface area contributed by atoms with Gasteiger partial charge in [0.1, 0.15) is 8.31 Å². The summed E-state index contributed by atoms with van der Waals surface area (Å²) < 4.78 is 5.80. The largest absolute Gasteiger partial charge is 0.421 e. The van der Waals surface area contributed by atoms with Crippen molar-refractivity contribution in [3.63, 3.8) is 0 Å². The standard InChI is InChI=1S/C29H21OSi2/c1-2-5-20-13-26-18-29-22(14-24(26)12-19(20)4-1)6-7-23-15-25-16-27(32-11-3-10-30-31-32)9-8-21(25)17-28(23)29/h1-2,4-9,12-18H,3,10-11H2. The average molecular weight is 442 g/mol. The molecule has 32 heavy (non-hydrogen) atoms. The highest BCUT2D eigenvalue weighted by atomic mass is 29.2. The molecule has 1 aliphatic heterocycles. The summed E-state index contributed by atoms with van der Waals surface area (Å²) in [4.78, 5) is 0. The molecule has 0 amide bonds. The predicted molar refractivity (Wildman–Crippen MR) is 140 cm³/mol. The van der Waals surface area contributed by atoms with Gasteiger partial charge in [-0.1, -0.05) is 65.8 Å². The Labute approximate surface area is 191 Å². The lowest BCUT2D eigenvalue weighted by atomic mass is 9.95. The Morgan fingerprint density at radius 3 is 1.81 bits per heavy atom. The minimum atomic E-state index is -0.539. The Morgan fingerprint density at radius 2 is 1.12 bits per heavy atom. The Morgan fingerprint density at radius 1 is 0.562 bits per heavy atom. The fourth-order valence-electron chi connectivity index (χ4n) is 5.15. The molecule has 0 spiro atoms. The third kappa shape index (κ3) is 3.00. The fraction of sp³-hybridized carbons (Fsp3) is 0.103. The Kier molecular flexibility index (Phi) is 4.22. The van der Waals surface area contributed by atoms with Gasteiger partial charge < -0.3 is 4.43 Å². The first-order valence-corrected chi connectivity index (χ1v) is 14.9. The van der Waals surface area contributed by atoms with Gasteiger partial charge in [0.25, 0.3) is 0 Å². The van der Waals surface area contributed by atoms with Crippen molar-refractivity contribution in [3.05, 3.63) is 91.0 Å². The Hall–Kier alpha value is -2.99. The van der Waals surface area contributed by atoms with Gasteiger partial charge in [-0.15, -0.1) is 0 Å². The lowest BCUT2D eigenvalue weighted by molar-refractivity contribution is 0.336. The zero-order valence-electron chi connectivity index (χ0n) is 17.7. The third-order valence-corrected chi connectivity index (χ3v) is 12.1. The molecule has 3 radical (unpaired) electrons. The maximum Gasteiger partial charge on any atom is 0.215 e. The zero-order valence-corrected chi connectivity index (χ0v) is 19.7. The van der Waals surface area contributed by atoms with Crippen LogP contribution in [0.3, 0.4) is 0 Å². The summed E-state index contributed by atoms with van der Waals surface area (Å²) in [7, 11) is 0.155. The average Bonchev–Trinajstić information content (AvgIpc) is 2.85.